The lowest BCUT2D eigenvalue weighted by atomic mass is 10.0. The first-order valence-corrected chi connectivity index (χ1v) is 11.3. The van der Waals surface area contributed by atoms with Gasteiger partial charge in [-0.1, -0.05) is 17.7 Å². The minimum atomic E-state index is -1.05. The number of amides is 2. The van der Waals surface area contributed by atoms with Crippen LogP contribution in [0.5, 0.6) is 0 Å². The lowest BCUT2D eigenvalue weighted by Crippen LogP contribution is -2.52. The standard InChI is InChI=1S/C22H26ClN3O2S/c1-22(2,25-20(27)18-7-8-19(23)29-18)21(28)24-16-4-3-14-9-11-26(17-5-6-17)12-10-15(14)13-16/h3-4,7-8,13,17H,5-6,9-12H2,1-2H3,(H,24,28)(H,25,27). The molecule has 2 amide bonds. The van der Waals surface area contributed by atoms with E-state index in [0.29, 0.717) is 9.21 Å². The fourth-order valence-corrected chi connectivity index (χ4v) is 4.69. The maximum atomic E-state index is 12.8. The van der Waals surface area contributed by atoms with Crippen LogP contribution in [-0.2, 0) is 17.6 Å². The van der Waals surface area contributed by atoms with Gasteiger partial charge in [0.25, 0.3) is 5.91 Å². The van der Waals surface area contributed by atoms with Gasteiger partial charge in [0.1, 0.15) is 5.54 Å². The van der Waals surface area contributed by atoms with E-state index in [0.717, 1.165) is 37.7 Å². The van der Waals surface area contributed by atoms with E-state index in [1.165, 1.54) is 35.3 Å². The van der Waals surface area contributed by atoms with Crippen molar-refractivity contribution in [3.8, 4) is 0 Å². The van der Waals surface area contributed by atoms with Crippen molar-refractivity contribution < 1.29 is 9.59 Å². The number of thiophene rings is 1. The molecule has 2 aliphatic rings. The number of benzene rings is 1. The highest BCUT2D eigenvalue weighted by Gasteiger charge is 2.31. The number of nitrogens with one attached hydrogen (secondary N) is 2. The van der Waals surface area contributed by atoms with E-state index in [2.05, 4.69) is 27.7 Å². The van der Waals surface area contributed by atoms with Gasteiger partial charge in [-0.05, 0) is 74.9 Å². The zero-order valence-corrected chi connectivity index (χ0v) is 18.3. The molecule has 0 saturated heterocycles. The molecule has 4 rings (SSSR count). The predicted octanol–water partition coefficient (Wildman–Crippen LogP) is 4.11. The van der Waals surface area contributed by atoms with Gasteiger partial charge in [-0.2, -0.15) is 0 Å². The predicted molar refractivity (Wildman–Crippen MR) is 118 cm³/mol. The number of halogens is 1. The Hall–Kier alpha value is -1.89. The molecule has 0 atom stereocenters. The largest absolute Gasteiger partial charge is 0.337 e. The van der Waals surface area contributed by atoms with E-state index in [9.17, 15) is 9.59 Å². The van der Waals surface area contributed by atoms with Gasteiger partial charge < -0.3 is 10.6 Å². The molecule has 29 heavy (non-hydrogen) atoms. The van der Waals surface area contributed by atoms with E-state index in [1.807, 2.05) is 6.07 Å². The van der Waals surface area contributed by atoms with Crippen LogP contribution in [-0.4, -0.2) is 41.4 Å². The Morgan fingerprint density at radius 2 is 1.83 bits per heavy atom. The molecule has 7 heteroatoms. The summed E-state index contributed by atoms with van der Waals surface area (Å²) in [6.45, 7) is 5.61. The summed E-state index contributed by atoms with van der Waals surface area (Å²) in [5, 5.41) is 5.77. The Labute approximate surface area is 180 Å². The average molecular weight is 432 g/mol. The van der Waals surface area contributed by atoms with Crippen molar-refractivity contribution >= 4 is 40.4 Å². The van der Waals surface area contributed by atoms with Crippen LogP contribution >= 0.6 is 22.9 Å². The zero-order chi connectivity index (χ0) is 20.6. The SMILES string of the molecule is CC(C)(NC(=O)c1ccc(Cl)s1)C(=O)Nc1ccc2c(c1)CCN(C1CC1)CC2. The zero-order valence-electron chi connectivity index (χ0n) is 16.8. The molecule has 0 bridgehead atoms. The molecule has 2 heterocycles. The lowest BCUT2D eigenvalue weighted by molar-refractivity contribution is -0.120. The van der Waals surface area contributed by atoms with Crippen molar-refractivity contribution in [1.82, 2.24) is 10.2 Å². The summed E-state index contributed by atoms with van der Waals surface area (Å²) in [4.78, 5) is 28.3. The van der Waals surface area contributed by atoms with Crippen molar-refractivity contribution in [3.63, 3.8) is 0 Å². The number of hydrogen-bond acceptors (Lipinski definition) is 4. The molecular formula is C22H26ClN3O2S. The molecule has 0 spiro atoms. The van der Waals surface area contributed by atoms with Crippen LogP contribution in [0.2, 0.25) is 4.34 Å². The Balaban J connectivity index is 1.40. The monoisotopic (exact) mass is 431 g/mol. The minimum absolute atomic E-state index is 0.248. The van der Waals surface area contributed by atoms with Gasteiger partial charge in [0.15, 0.2) is 0 Å². The number of rotatable bonds is 5. The number of carbonyl (C=O) groups is 2. The normalized spacial score (nSPS) is 17.3. The van der Waals surface area contributed by atoms with Crippen LogP contribution in [0.3, 0.4) is 0 Å². The summed E-state index contributed by atoms with van der Waals surface area (Å²) in [5.74, 6) is -0.550. The molecule has 1 aromatic heterocycles. The highest BCUT2D eigenvalue weighted by atomic mass is 35.5. The van der Waals surface area contributed by atoms with Crippen molar-refractivity contribution in [1.29, 1.82) is 0 Å². The molecule has 1 aliphatic heterocycles. The van der Waals surface area contributed by atoms with Crippen molar-refractivity contribution in [3.05, 3.63) is 50.7 Å². The quantitative estimate of drug-likeness (QED) is 0.748. The molecule has 0 radical (unpaired) electrons. The third-order valence-electron chi connectivity index (χ3n) is 5.65. The number of hydrogen-bond donors (Lipinski definition) is 2. The third-order valence-corrected chi connectivity index (χ3v) is 6.88. The summed E-state index contributed by atoms with van der Waals surface area (Å²) in [6, 6.07) is 10.3. The number of fused-ring (bicyclic) bond motifs is 1. The van der Waals surface area contributed by atoms with E-state index >= 15 is 0 Å². The minimum Gasteiger partial charge on any atom is -0.337 e. The Kier molecular flexibility index (Phi) is 5.69. The van der Waals surface area contributed by atoms with Crippen molar-refractivity contribution in [2.24, 2.45) is 0 Å². The van der Waals surface area contributed by atoms with Crippen LogP contribution < -0.4 is 10.6 Å². The molecular weight excluding hydrogens is 406 g/mol. The lowest BCUT2D eigenvalue weighted by Gasteiger charge is -2.25. The second kappa shape index (κ2) is 8.09. The van der Waals surface area contributed by atoms with Gasteiger partial charge in [0, 0.05) is 24.8 Å². The molecule has 0 unspecified atom stereocenters. The smallest absolute Gasteiger partial charge is 0.262 e. The number of anilines is 1. The van der Waals surface area contributed by atoms with E-state index in [1.54, 1.807) is 26.0 Å². The fourth-order valence-electron chi connectivity index (χ4n) is 3.75. The van der Waals surface area contributed by atoms with E-state index in [-0.39, 0.29) is 11.8 Å². The van der Waals surface area contributed by atoms with Crippen molar-refractivity contribution in [2.75, 3.05) is 18.4 Å². The topological polar surface area (TPSA) is 61.4 Å². The first-order chi connectivity index (χ1) is 13.8. The van der Waals surface area contributed by atoms with E-state index in [4.69, 9.17) is 11.6 Å². The molecule has 2 aromatic rings. The first-order valence-electron chi connectivity index (χ1n) is 10.1. The van der Waals surface area contributed by atoms with Gasteiger partial charge in [-0.3, -0.25) is 14.5 Å². The summed E-state index contributed by atoms with van der Waals surface area (Å²) in [6.07, 6.45) is 4.73. The van der Waals surface area contributed by atoms with Gasteiger partial charge in [0.2, 0.25) is 5.91 Å². The van der Waals surface area contributed by atoms with Gasteiger partial charge in [-0.25, -0.2) is 0 Å². The Bertz CT molecular complexity index is 936. The van der Waals surface area contributed by atoms with Gasteiger partial charge in [0.05, 0.1) is 9.21 Å². The van der Waals surface area contributed by atoms with Crippen LogP contribution in [0.1, 0.15) is 47.5 Å². The van der Waals surface area contributed by atoms with Gasteiger partial charge >= 0.3 is 0 Å². The summed E-state index contributed by atoms with van der Waals surface area (Å²) < 4.78 is 0.544. The fraction of sp³-hybridized carbons (Fsp3) is 0.455. The number of nitrogens with zero attached hydrogens (tertiary/aromatic N) is 1. The maximum absolute atomic E-state index is 12.8. The van der Waals surface area contributed by atoms with Gasteiger partial charge in [-0.15, -0.1) is 11.3 Å². The van der Waals surface area contributed by atoms with Crippen molar-refractivity contribution in [2.45, 2.75) is 51.1 Å². The van der Waals surface area contributed by atoms with Crippen LogP contribution in [0.4, 0.5) is 5.69 Å². The molecule has 2 N–H and O–H groups in total. The Morgan fingerprint density at radius 1 is 1.10 bits per heavy atom. The molecule has 5 nitrogen and oxygen atoms in total. The van der Waals surface area contributed by atoms with Crippen LogP contribution in [0, 0.1) is 0 Å². The maximum Gasteiger partial charge on any atom is 0.262 e. The molecule has 1 aromatic carbocycles. The molecule has 1 aliphatic carbocycles. The second-order valence-corrected chi connectivity index (χ2v) is 10.1. The summed E-state index contributed by atoms with van der Waals surface area (Å²) in [7, 11) is 0. The molecule has 1 fully saturated rings. The first kappa shape index (κ1) is 20.4. The highest BCUT2D eigenvalue weighted by Crippen LogP contribution is 2.30. The third kappa shape index (κ3) is 4.82. The van der Waals surface area contributed by atoms with E-state index < -0.39 is 5.54 Å². The van der Waals surface area contributed by atoms with Crippen LogP contribution in [0.25, 0.3) is 0 Å². The summed E-state index contributed by atoms with van der Waals surface area (Å²) in [5.41, 5.74) is 2.40. The highest BCUT2D eigenvalue weighted by molar-refractivity contribution is 7.18. The summed E-state index contributed by atoms with van der Waals surface area (Å²) >= 11 is 7.09. The Morgan fingerprint density at radius 3 is 2.48 bits per heavy atom. The number of carbonyl (C=O) groups excluding carboxylic acids is 2. The second-order valence-electron chi connectivity index (χ2n) is 8.39. The van der Waals surface area contributed by atoms with Crippen LogP contribution in [0.15, 0.2) is 30.3 Å². The molecule has 1 saturated carbocycles. The average Bonchev–Trinajstić information content (AvgIpc) is 3.44. The molecule has 154 valence electrons.